The van der Waals surface area contributed by atoms with Crippen LogP contribution in [0.2, 0.25) is 5.02 Å². The van der Waals surface area contributed by atoms with Crippen LogP contribution in [0.4, 0.5) is 0 Å². The normalized spacial score (nSPS) is 14.7. The molecule has 2 rings (SSSR count). The van der Waals surface area contributed by atoms with Gasteiger partial charge in [0.15, 0.2) is 0 Å². The molecule has 0 saturated heterocycles. The van der Waals surface area contributed by atoms with Crippen molar-refractivity contribution in [3.8, 4) is 0 Å². The standard InChI is InChI=1S/C13H11ClO3/c1-7(2)17-12-6-11(15)13(16)9-4-3-8(14)5-10(9)12/h3-7H,1-2H3. The van der Waals surface area contributed by atoms with Crippen molar-refractivity contribution in [1.29, 1.82) is 0 Å². The van der Waals surface area contributed by atoms with Crippen LogP contribution < -0.4 is 0 Å². The quantitative estimate of drug-likeness (QED) is 0.758. The third-order valence-electron chi connectivity index (χ3n) is 2.34. The first-order chi connectivity index (χ1) is 7.99. The predicted octanol–water partition coefficient (Wildman–Crippen LogP) is 2.87. The van der Waals surface area contributed by atoms with Crippen LogP contribution in [-0.2, 0) is 9.53 Å². The summed E-state index contributed by atoms with van der Waals surface area (Å²) in [6.07, 6.45) is 1.15. The summed E-state index contributed by atoms with van der Waals surface area (Å²) in [6, 6.07) is 4.77. The van der Waals surface area contributed by atoms with Crippen molar-refractivity contribution in [2.45, 2.75) is 20.0 Å². The third-order valence-corrected chi connectivity index (χ3v) is 2.58. The number of Topliss-reactive ketones (excluding diaryl/α,β-unsaturated/α-hetero) is 1. The summed E-state index contributed by atoms with van der Waals surface area (Å²) in [5, 5.41) is 0.504. The average Bonchev–Trinajstić information content (AvgIpc) is 2.25. The Labute approximate surface area is 104 Å². The fourth-order valence-corrected chi connectivity index (χ4v) is 1.84. The molecule has 0 atom stereocenters. The Hall–Kier alpha value is -1.61. The van der Waals surface area contributed by atoms with E-state index in [0.717, 1.165) is 0 Å². The maximum Gasteiger partial charge on any atom is 0.233 e. The molecule has 0 spiro atoms. The average molecular weight is 251 g/mol. The number of ether oxygens (including phenoxy) is 1. The van der Waals surface area contributed by atoms with Crippen LogP contribution in [0.25, 0.3) is 5.76 Å². The molecule has 1 aromatic rings. The van der Waals surface area contributed by atoms with E-state index in [1.807, 2.05) is 13.8 Å². The maximum absolute atomic E-state index is 11.7. The van der Waals surface area contributed by atoms with Crippen molar-refractivity contribution in [1.82, 2.24) is 0 Å². The number of carbonyl (C=O) groups excluding carboxylic acids is 2. The van der Waals surface area contributed by atoms with E-state index >= 15 is 0 Å². The second-order valence-corrected chi connectivity index (χ2v) is 4.49. The van der Waals surface area contributed by atoms with E-state index in [0.29, 0.717) is 21.9 Å². The Morgan fingerprint density at radius 1 is 1.18 bits per heavy atom. The number of halogens is 1. The summed E-state index contributed by atoms with van der Waals surface area (Å²) >= 11 is 5.88. The number of hydrogen-bond acceptors (Lipinski definition) is 3. The highest BCUT2D eigenvalue weighted by Crippen LogP contribution is 2.29. The lowest BCUT2D eigenvalue weighted by molar-refractivity contribution is -0.111. The molecular weight excluding hydrogens is 240 g/mol. The van der Waals surface area contributed by atoms with Crippen molar-refractivity contribution >= 4 is 28.9 Å². The van der Waals surface area contributed by atoms with Crippen LogP contribution in [0.1, 0.15) is 29.8 Å². The van der Waals surface area contributed by atoms with E-state index in [-0.39, 0.29) is 6.10 Å². The molecular formula is C13H11ClO3. The van der Waals surface area contributed by atoms with Gasteiger partial charge in [-0.3, -0.25) is 9.59 Å². The summed E-state index contributed by atoms with van der Waals surface area (Å²) in [6.45, 7) is 3.71. The summed E-state index contributed by atoms with van der Waals surface area (Å²) in [5.74, 6) is -0.676. The van der Waals surface area contributed by atoms with Gasteiger partial charge < -0.3 is 4.74 Å². The zero-order chi connectivity index (χ0) is 12.6. The van der Waals surface area contributed by atoms with Crippen LogP contribution in [0.3, 0.4) is 0 Å². The van der Waals surface area contributed by atoms with E-state index in [1.165, 1.54) is 6.08 Å². The summed E-state index contributed by atoms with van der Waals surface area (Å²) < 4.78 is 5.52. The van der Waals surface area contributed by atoms with E-state index in [2.05, 4.69) is 0 Å². The van der Waals surface area contributed by atoms with Crippen molar-refractivity contribution in [2.24, 2.45) is 0 Å². The van der Waals surface area contributed by atoms with Gasteiger partial charge in [0.1, 0.15) is 5.76 Å². The molecule has 0 saturated carbocycles. The number of allylic oxidation sites excluding steroid dienone is 1. The first-order valence-corrected chi connectivity index (χ1v) is 5.64. The Kier molecular flexibility index (Phi) is 3.03. The molecule has 1 aliphatic carbocycles. The number of rotatable bonds is 2. The molecule has 88 valence electrons. The van der Waals surface area contributed by atoms with Crippen molar-refractivity contribution in [3.05, 3.63) is 40.4 Å². The number of hydrogen-bond donors (Lipinski definition) is 0. The lowest BCUT2D eigenvalue weighted by atomic mass is 9.94. The Balaban J connectivity index is 2.55. The highest BCUT2D eigenvalue weighted by molar-refractivity contribution is 6.50. The summed E-state index contributed by atoms with van der Waals surface area (Å²) in [4.78, 5) is 23.2. The highest BCUT2D eigenvalue weighted by Gasteiger charge is 2.27. The van der Waals surface area contributed by atoms with Gasteiger partial charge in [-0.05, 0) is 32.0 Å². The van der Waals surface area contributed by atoms with Crippen molar-refractivity contribution in [3.63, 3.8) is 0 Å². The molecule has 0 heterocycles. The molecule has 0 radical (unpaired) electrons. The Bertz CT molecular complexity index is 529. The zero-order valence-electron chi connectivity index (χ0n) is 9.49. The largest absolute Gasteiger partial charge is 0.490 e. The van der Waals surface area contributed by atoms with E-state index < -0.39 is 11.6 Å². The minimum absolute atomic E-state index is 0.0749. The molecule has 0 amide bonds. The lowest BCUT2D eigenvalue weighted by Gasteiger charge is -2.19. The van der Waals surface area contributed by atoms with Gasteiger partial charge in [0.2, 0.25) is 11.6 Å². The molecule has 0 aromatic heterocycles. The molecule has 0 unspecified atom stereocenters. The van der Waals surface area contributed by atoms with Gasteiger partial charge in [-0.2, -0.15) is 0 Å². The van der Waals surface area contributed by atoms with Gasteiger partial charge in [-0.1, -0.05) is 11.6 Å². The van der Waals surface area contributed by atoms with Gasteiger partial charge in [-0.15, -0.1) is 0 Å². The van der Waals surface area contributed by atoms with Crippen LogP contribution in [0.5, 0.6) is 0 Å². The Morgan fingerprint density at radius 3 is 2.53 bits per heavy atom. The minimum Gasteiger partial charge on any atom is -0.490 e. The third kappa shape index (κ3) is 2.24. The fourth-order valence-electron chi connectivity index (χ4n) is 1.66. The zero-order valence-corrected chi connectivity index (χ0v) is 10.2. The van der Waals surface area contributed by atoms with E-state index in [4.69, 9.17) is 16.3 Å². The SMILES string of the molecule is CC(C)OC1=CC(=O)C(=O)c2ccc(Cl)cc21. The molecule has 17 heavy (non-hydrogen) atoms. The van der Waals surface area contributed by atoms with Crippen LogP contribution in [0.15, 0.2) is 24.3 Å². The molecule has 1 aliphatic rings. The first-order valence-electron chi connectivity index (χ1n) is 5.26. The van der Waals surface area contributed by atoms with Gasteiger partial charge in [0, 0.05) is 22.2 Å². The number of benzene rings is 1. The molecule has 1 aromatic carbocycles. The lowest BCUT2D eigenvalue weighted by Crippen LogP contribution is -2.20. The van der Waals surface area contributed by atoms with Crippen LogP contribution in [0, 0.1) is 0 Å². The molecule has 4 heteroatoms. The van der Waals surface area contributed by atoms with Gasteiger partial charge in [0.25, 0.3) is 0 Å². The second kappa shape index (κ2) is 4.34. The van der Waals surface area contributed by atoms with Crippen LogP contribution >= 0.6 is 11.6 Å². The van der Waals surface area contributed by atoms with Gasteiger partial charge in [0.05, 0.1) is 6.10 Å². The van der Waals surface area contributed by atoms with Crippen molar-refractivity contribution in [2.75, 3.05) is 0 Å². The molecule has 0 N–H and O–H groups in total. The number of carbonyl (C=O) groups is 2. The summed E-state index contributed by atoms with van der Waals surface area (Å²) in [7, 11) is 0. The first kappa shape index (κ1) is 11.9. The van der Waals surface area contributed by atoms with Gasteiger partial charge in [-0.25, -0.2) is 0 Å². The van der Waals surface area contributed by atoms with Gasteiger partial charge >= 0.3 is 0 Å². The fraction of sp³-hybridized carbons (Fsp3) is 0.231. The summed E-state index contributed by atoms with van der Waals surface area (Å²) in [5.41, 5.74) is 0.924. The molecule has 0 aliphatic heterocycles. The smallest absolute Gasteiger partial charge is 0.233 e. The molecule has 0 bridgehead atoms. The predicted molar refractivity (Wildman–Crippen MR) is 65.0 cm³/mol. The number of ketones is 2. The molecule has 0 fully saturated rings. The Morgan fingerprint density at radius 2 is 1.88 bits per heavy atom. The van der Waals surface area contributed by atoms with E-state index in [9.17, 15) is 9.59 Å². The maximum atomic E-state index is 11.7. The second-order valence-electron chi connectivity index (χ2n) is 4.06. The van der Waals surface area contributed by atoms with E-state index in [1.54, 1.807) is 18.2 Å². The minimum atomic E-state index is -0.560. The number of fused-ring (bicyclic) bond motifs is 1. The van der Waals surface area contributed by atoms with Crippen LogP contribution in [-0.4, -0.2) is 17.7 Å². The van der Waals surface area contributed by atoms with Crippen molar-refractivity contribution < 1.29 is 14.3 Å². The molecule has 3 nitrogen and oxygen atoms in total. The monoisotopic (exact) mass is 250 g/mol. The highest BCUT2D eigenvalue weighted by atomic mass is 35.5. The topological polar surface area (TPSA) is 43.4 Å².